The molecule has 3 aromatic heterocycles. The third-order valence-corrected chi connectivity index (χ3v) is 6.06. The molecule has 0 radical (unpaired) electrons. The zero-order valence-electron chi connectivity index (χ0n) is 20.3. The van der Waals surface area contributed by atoms with Gasteiger partial charge in [-0.1, -0.05) is 20.8 Å². The van der Waals surface area contributed by atoms with Gasteiger partial charge in [0.2, 0.25) is 11.7 Å². The minimum Gasteiger partial charge on any atom is -0.435 e. The summed E-state index contributed by atoms with van der Waals surface area (Å²) < 4.78 is 28.0. The number of morpholine rings is 1. The number of oxazole rings is 1. The smallest absolute Gasteiger partial charge is 0.293 e. The second kappa shape index (κ2) is 8.81. The topological polar surface area (TPSA) is 84.9 Å². The molecular weight excluding hydrogens is 449 g/mol. The Hall–Kier alpha value is -3.72. The van der Waals surface area contributed by atoms with E-state index in [0.29, 0.717) is 19.1 Å². The largest absolute Gasteiger partial charge is 0.435 e. The Bertz CT molecular complexity index is 1400. The number of amides is 1. The number of aryl methyl sites for hydroxylation is 1. The first kappa shape index (κ1) is 23.0. The van der Waals surface area contributed by atoms with Crippen molar-refractivity contribution in [2.75, 3.05) is 36.5 Å². The fraction of sp³-hybridized carbons (Fsp3) is 0.346. The van der Waals surface area contributed by atoms with Crippen LogP contribution in [0.25, 0.3) is 16.8 Å². The van der Waals surface area contributed by atoms with Crippen LogP contribution in [0, 0.1) is 12.7 Å². The standard InChI is InChI=1S/C26H28FN5O3/c1-16-11-19(27)20(30-24(33)22-14-29-25(35-22)26(2,3)4)13-18(16)17-12-21(31-7-9-34-10-8-31)23-28-5-6-32(23)15-17/h5-6,11-15H,7-10H2,1-4H3,(H,30,33). The minimum atomic E-state index is -0.555. The van der Waals surface area contributed by atoms with Crippen molar-refractivity contribution in [3.8, 4) is 11.1 Å². The van der Waals surface area contributed by atoms with E-state index in [1.54, 1.807) is 12.3 Å². The number of halogens is 1. The molecule has 0 saturated carbocycles. The number of benzene rings is 1. The lowest BCUT2D eigenvalue weighted by molar-refractivity contribution is 0.0992. The van der Waals surface area contributed by atoms with Gasteiger partial charge in [-0.3, -0.25) is 4.79 Å². The number of pyridine rings is 1. The van der Waals surface area contributed by atoms with E-state index >= 15 is 0 Å². The first-order valence-corrected chi connectivity index (χ1v) is 11.6. The van der Waals surface area contributed by atoms with E-state index in [1.807, 2.05) is 44.5 Å². The molecule has 9 heteroatoms. The first-order chi connectivity index (χ1) is 16.7. The molecule has 1 N–H and O–H groups in total. The van der Waals surface area contributed by atoms with Crippen LogP contribution in [0.3, 0.4) is 0 Å². The van der Waals surface area contributed by atoms with Crippen molar-refractivity contribution in [1.82, 2.24) is 14.4 Å². The molecular formula is C26H28FN5O3. The van der Waals surface area contributed by atoms with Crippen molar-refractivity contribution in [1.29, 1.82) is 0 Å². The SMILES string of the molecule is Cc1cc(F)c(NC(=O)c2cnc(C(C)(C)C)o2)cc1-c1cc(N2CCOCC2)c2nccn2c1. The zero-order valence-corrected chi connectivity index (χ0v) is 20.3. The number of hydrogen-bond acceptors (Lipinski definition) is 6. The predicted molar refractivity (Wildman–Crippen MR) is 132 cm³/mol. The van der Waals surface area contributed by atoms with Gasteiger partial charge in [0.05, 0.1) is 30.8 Å². The van der Waals surface area contributed by atoms with Crippen LogP contribution in [0.1, 0.15) is 42.8 Å². The lowest BCUT2D eigenvalue weighted by atomic mass is 9.97. The Labute approximate surface area is 202 Å². The Kier molecular flexibility index (Phi) is 5.80. The van der Waals surface area contributed by atoms with Gasteiger partial charge in [-0.05, 0) is 36.2 Å². The molecule has 1 aromatic carbocycles. The minimum absolute atomic E-state index is 0.0332. The van der Waals surface area contributed by atoms with Crippen molar-refractivity contribution in [3.63, 3.8) is 0 Å². The highest BCUT2D eigenvalue weighted by Crippen LogP contribution is 2.33. The molecule has 1 fully saturated rings. The maximum Gasteiger partial charge on any atom is 0.293 e. The summed E-state index contributed by atoms with van der Waals surface area (Å²) in [5.41, 5.74) is 4.01. The van der Waals surface area contributed by atoms with Crippen LogP contribution < -0.4 is 10.2 Å². The highest BCUT2D eigenvalue weighted by Gasteiger charge is 2.23. The molecule has 0 bridgehead atoms. The number of aromatic nitrogens is 3. The van der Waals surface area contributed by atoms with Gasteiger partial charge >= 0.3 is 0 Å². The second-order valence-electron chi connectivity index (χ2n) is 9.75. The molecule has 0 aliphatic carbocycles. The highest BCUT2D eigenvalue weighted by molar-refractivity contribution is 6.02. The zero-order chi connectivity index (χ0) is 24.7. The predicted octanol–water partition coefficient (Wildman–Crippen LogP) is 4.82. The molecule has 8 nitrogen and oxygen atoms in total. The average Bonchev–Trinajstić information content (AvgIpc) is 3.50. The van der Waals surface area contributed by atoms with Gasteiger partial charge in [-0.2, -0.15) is 0 Å². The van der Waals surface area contributed by atoms with E-state index in [-0.39, 0.29) is 16.9 Å². The molecule has 0 unspecified atom stereocenters. The quantitative estimate of drug-likeness (QED) is 0.454. The first-order valence-electron chi connectivity index (χ1n) is 11.6. The van der Waals surface area contributed by atoms with Crippen LogP contribution in [0.4, 0.5) is 15.8 Å². The van der Waals surface area contributed by atoms with Crippen LogP contribution in [0.2, 0.25) is 0 Å². The summed E-state index contributed by atoms with van der Waals surface area (Å²) in [5, 5.41) is 2.65. The van der Waals surface area contributed by atoms with Crippen molar-refractivity contribution in [3.05, 3.63) is 66.0 Å². The number of anilines is 2. The van der Waals surface area contributed by atoms with Crippen molar-refractivity contribution < 1.29 is 18.3 Å². The third-order valence-electron chi connectivity index (χ3n) is 6.06. The van der Waals surface area contributed by atoms with Gasteiger partial charge in [0, 0.05) is 42.7 Å². The number of hydrogen-bond donors (Lipinski definition) is 1. The number of carbonyl (C=O) groups excluding carboxylic acids is 1. The molecule has 1 aliphatic rings. The molecule has 5 rings (SSSR count). The lowest BCUT2D eigenvalue weighted by Crippen LogP contribution is -2.36. The van der Waals surface area contributed by atoms with Gasteiger partial charge in [0.15, 0.2) is 5.65 Å². The van der Waals surface area contributed by atoms with Gasteiger partial charge < -0.3 is 23.8 Å². The molecule has 1 saturated heterocycles. The van der Waals surface area contributed by atoms with E-state index in [2.05, 4.69) is 26.3 Å². The van der Waals surface area contributed by atoms with Crippen molar-refractivity contribution in [2.45, 2.75) is 33.1 Å². The van der Waals surface area contributed by atoms with Crippen LogP contribution in [-0.2, 0) is 10.2 Å². The molecule has 0 spiro atoms. The van der Waals surface area contributed by atoms with E-state index in [4.69, 9.17) is 9.15 Å². The third kappa shape index (κ3) is 4.51. The van der Waals surface area contributed by atoms with E-state index in [0.717, 1.165) is 41.1 Å². The van der Waals surface area contributed by atoms with Crippen LogP contribution in [-0.4, -0.2) is 46.6 Å². The number of imidazole rings is 1. The van der Waals surface area contributed by atoms with E-state index < -0.39 is 11.7 Å². The Balaban J connectivity index is 1.51. The van der Waals surface area contributed by atoms with Gasteiger partial charge in [0.1, 0.15) is 5.82 Å². The molecule has 1 amide bonds. The van der Waals surface area contributed by atoms with Crippen LogP contribution >= 0.6 is 0 Å². The molecule has 1 aliphatic heterocycles. The summed E-state index contributed by atoms with van der Waals surface area (Å²) in [6.45, 7) is 10.5. The summed E-state index contributed by atoms with van der Waals surface area (Å²) in [6, 6.07) is 5.15. The molecule has 35 heavy (non-hydrogen) atoms. The van der Waals surface area contributed by atoms with Crippen molar-refractivity contribution >= 4 is 22.9 Å². The Morgan fingerprint density at radius 1 is 1.14 bits per heavy atom. The second-order valence-corrected chi connectivity index (χ2v) is 9.75. The number of nitrogens with one attached hydrogen (secondary N) is 1. The van der Waals surface area contributed by atoms with Gasteiger partial charge in [-0.15, -0.1) is 0 Å². The van der Waals surface area contributed by atoms with Crippen molar-refractivity contribution in [2.24, 2.45) is 0 Å². The fourth-order valence-corrected chi connectivity index (χ4v) is 4.19. The number of fused-ring (bicyclic) bond motifs is 1. The van der Waals surface area contributed by atoms with E-state index in [1.165, 1.54) is 12.3 Å². The van der Waals surface area contributed by atoms with Crippen LogP contribution in [0.15, 0.2) is 47.4 Å². The van der Waals surface area contributed by atoms with Crippen LogP contribution in [0.5, 0.6) is 0 Å². The van der Waals surface area contributed by atoms with Gasteiger partial charge in [-0.25, -0.2) is 14.4 Å². The highest BCUT2D eigenvalue weighted by atomic mass is 19.1. The monoisotopic (exact) mass is 477 g/mol. The average molecular weight is 478 g/mol. The molecule has 4 heterocycles. The van der Waals surface area contributed by atoms with Gasteiger partial charge in [0.25, 0.3) is 5.91 Å². The fourth-order valence-electron chi connectivity index (χ4n) is 4.19. The molecule has 182 valence electrons. The molecule has 4 aromatic rings. The maximum atomic E-state index is 14.9. The maximum absolute atomic E-state index is 14.9. The normalized spacial score (nSPS) is 14.5. The lowest BCUT2D eigenvalue weighted by Gasteiger charge is -2.29. The number of rotatable bonds is 4. The number of carbonyl (C=O) groups is 1. The van der Waals surface area contributed by atoms with E-state index in [9.17, 15) is 9.18 Å². The number of nitrogens with zero attached hydrogens (tertiary/aromatic N) is 4. The summed E-state index contributed by atoms with van der Waals surface area (Å²) in [7, 11) is 0. The summed E-state index contributed by atoms with van der Waals surface area (Å²) in [5.74, 6) is -0.601. The summed E-state index contributed by atoms with van der Waals surface area (Å²) in [4.78, 5) is 23.7. The summed E-state index contributed by atoms with van der Waals surface area (Å²) in [6.07, 6.45) is 6.98. The summed E-state index contributed by atoms with van der Waals surface area (Å²) >= 11 is 0. The Morgan fingerprint density at radius 2 is 1.91 bits per heavy atom. The number of ether oxygens (including phenoxy) is 1. The molecule has 0 atom stereocenters. The Morgan fingerprint density at radius 3 is 2.63 bits per heavy atom.